The lowest BCUT2D eigenvalue weighted by Crippen LogP contribution is -2.33. The number of carbonyl (C=O) groups excluding carboxylic acids is 1. The van der Waals surface area contributed by atoms with E-state index in [4.69, 9.17) is 10.8 Å². The summed E-state index contributed by atoms with van der Waals surface area (Å²) in [6, 6.07) is 5.96. The van der Waals surface area contributed by atoms with E-state index < -0.39 is 5.54 Å². The van der Waals surface area contributed by atoms with Crippen molar-refractivity contribution < 1.29 is 9.90 Å². The summed E-state index contributed by atoms with van der Waals surface area (Å²) in [6.07, 6.45) is 2.74. The minimum atomic E-state index is -0.431. The number of amides is 1. The van der Waals surface area contributed by atoms with Gasteiger partial charge in [-0.15, -0.1) is 0 Å². The van der Waals surface area contributed by atoms with Crippen molar-refractivity contribution in [3.8, 4) is 0 Å². The highest BCUT2D eigenvalue weighted by atomic mass is 16.2. The van der Waals surface area contributed by atoms with Crippen LogP contribution in [-0.2, 0) is 16.8 Å². The lowest BCUT2D eigenvalue weighted by Gasteiger charge is -2.27. The fourth-order valence-corrected chi connectivity index (χ4v) is 2.33. The van der Waals surface area contributed by atoms with Crippen LogP contribution in [0.25, 0.3) is 0 Å². The number of carbonyl (C=O) groups is 1. The van der Waals surface area contributed by atoms with Crippen molar-refractivity contribution >= 4 is 11.6 Å². The number of hydrogen-bond acceptors (Lipinski definition) is 3. The standard InChI is InChI=1S/C14H20N2O2/c1-14(15,7-2-8-17)11-4-5-12-10(9-11)3-6-13(18)16-12/h4-5,9,17H,2-3,6-8,15H2,1H3,(H,16,18). The van der Waals surface area contributed by atoms with Crippen LogP contribution in [0.2, 0.25) is 0 Å². The fourth-order valence-electron chi connectivity index (χ4n) is 2.33. The second-order valence-corrected chi connectivity index (χ2v) is 5.16. The van der Waals surface area contributed by atoms with Crippen LogP contribution >= 0.6 is 0 Å². The van der Waals surface area contributed by atoms with Gasteiger partial charge < -0.3 is 16.2 Å². The smallest absolute Gasteiger partial charge is 0.224 e. The molecule has 4 nitrogen and oxygen atoms in total. The molecule has 98 valence electrons. The molecule has 1 aliphatic heterocycles. The van der Waals surface area contributed by atoms with Crippen molar-refractivity contribution in [2.45, 2.75) is 38.1 Å². The average molecular weight is 248 g/mol. The molecule has 2 rings (SSSR count). The molecule has 4 heteroatoms. The Morgan fingerprint density at radius 3 is 2.94 bits per heavy atom. The number of nitrogens with one attached hydrogen (secondary N) is 1. The summed E-state index contributed by atoms with van der Waals surface area (Å²) in [6.45, 7) is 2.14. The Hall–Kier alpha value is -1.39. The van der Waals surface area contributed by atoms with Crippen molar-refractivity contribution in [1.82, 2.24) is 0 Å². The van der Waals surface area contributed by atoms with Crippen LogP contribution < -0.4 is 11.1 Å². The van der Waals surface area contributed by atoms with Crippen LogP contribution in [0.4, 0.5) is 5.69 Å². The molecule has 0 saturated carbocycles. The van der Waals surface area contributed by atoms with Crippen molar-refractivity contribution in [3.05, 3.63) is 29.3 Å². The largest absolute Gasteiger partial charge is 0.396 e. The lowest BCUT2D eigenvalue weighted by molar-refractivity contribution is -0.116. The molecule has 1 unspecified atom stereocenters. The van der Waals surface area contributed by atoms with Crippen LogP contribution in [0.3, 0.4) is 0 Å². The maximum atomic E-state index is 11.3. The van der Waals surface area contributed by atoms with Crippen LogP contribution in [0, 0.1) is 0 Å². The van der Waals surface area contributed by atoms with Gasteiger partial charge in [-0.1, -0.05) is 12.1 Å². The van der Waals surface area contributed by atoms with E-state index in [0.29, 0.717) is 12.8 Å². The molecule has 0 radical (unpaired) electrons. The molecule has 1 heterocycles. The van der Waals surface area contributed by atoms with Crippen LogP contribution in [0.15, 0.2) is 18.2 Å². The van der Waals surface area contributed by atoms with E-state index in [1.807, 2.05) is 19.1 Å². The Kier molecular flexibility index (Phi) is 3.68. The summed E-state index contributed by atoms with van der Waals surface area (Å²) in [4.78, 5) is 11.3. The summed E-state index contributed by atoms with van der Waals surface area (Å²) in [5.74, 6) is 0.0750. The Morgan fingerprint density at radius 2 is 2.22 bits per heavy atom. The van der Waals surface area contributed by atoms with Crippen molar-refractivity contribution in [1.29, 1.82) is 0 Å². The van der Waals surface area contributed by atoms with Gasteiger partial charge in [0, 0.05) is 24.3 Å². The monoisotopic (exact) mass is 248 g/mol. The van der Waals surface area contributed by atoms with Gasteiger partial charge in [-0.2, -0.15) is 0 Å². The van der Waals surface area contributed by atoms with Gasteiger partial charge in [-0.25, -0.2) is 0 Å². The highest BCUT2D eigenvalue weighted by Gasteiger charge is 2.23. The molecular formula is C14H20N2O2. The van der Waals surface area contributed by atoms with Crippen LogP contribution in [0.5, 0.6) is 0 Å². The van der Waals surface area contributed by atoms with Gasteiger partial charge in [0.25, 0.3) is 0 Å². The Balaban J connectivity index is 2.23. The molecule has 0 saturated heterocycles. The summed E-state index contributed by atoms with van der Waals surface area (Å²) < 4.78 is 0. The maximum Gasteiger partial charge on any atom is 0.224 e. The molecule has 1 aromatic carbocycles. The summed E-state index contributed by atoms with van der Waals surface area (Å²) >= 11 is 0. The van der Waals surface area contributed by atoms with Gasteiger partial charge in [0.15, 0.2) is 0 Å². The topological polar surface area (TPSA) is 75.3 Å². The molecule has 1 aromatic rings. The predicted octanol–water partition coefficient (Wildman–Crippen LogP) is 1.52. The Bertz CT molecular complexity index is 455. The molecule has 0 bridgehead atoms. The molecule has 4 N–H and O–H groups in total. The number of aliphatic hydroxyl groups excluding tert-OH is 1. The van der Waals surface area contributed by atoms with Crippen molar-refractivity contribution in [3.63, 3.8) is 0 Å². The molecule has 0 spiro atoms. The second kappa shape index (κ2) is 5.08. The summed E-state index contributed by atoms with van der Waals surface area (Å²) in [5.41, 5.74) is 8.96. The first-order valence-electron chi connectivity index (χ1n) is 6.36. The second-order valence-electron chi connectivity index (χ2n) is 5.16. The van der Waals surface area contributed by atoms with Crippen molar-refractivity contribution in [2.24, 2.45) is 5.73 Å². The fraction of sp³-hybridized carbons (Fsp3) is 0.500. The first-order chi connectivity index (χ1) is 8.53. The molecule has 18 heavy (non-hydrogen) atoms. The SMILES string of the molecule is CC(N)(CCCO)c1ccc2c(c1)CCC(=O)N2. The number of anilines is 1. The van der Waals surface area contributed by atoms with E-state index in [9.17, 15) is 4.79 Å². The third kappa shape index (κ3) is 2.71. The zero-order valence-corrected chi connectivity index (χ0v) is 10.7. The van der Waals surface area contributed by atoms with Crippen molar-refractivity contribution in [2.75, 3.05) is 11.9 Å². The number of hydrogen-bond donors (Lipinski definition) is 3. The van der Waals surface area contributed by atoms with Gasteiger partial charge in [-0.05, 0) is 43.4 Å². The summed E-state index contributed by atoms with van der Waals surface area (Å²) in [7, 11) is 0. The van der Waals surface area contributed by atoms with Crippen LogP contribution in [-0.4, -0.2) is 17.6 Å². The number of rotatable bonds is 4. The zero-order chi connectivity index (χ0) is 13.2. The van der Waals surface area contributed by atoms with Gasteiger partial charge in [-0.3, -0.25) is 4.79 Å². The van der Waals surface area contributed by atoms with E-state index in [-0.39, 0.29) is 12.5 Å². The number of aliphatic hydroxyl groups is 1. The third-order valence-corrected chi connectivity index (χ3v) is 3.51. The van der Waals surface area contributed by atoms with E-state index in [0.717, 1.165) is 29.7 Å². The number of fused-ring (bicyclic) bond motifs is 1. The third-order valence-electron chi connectivity index (χ3n) is 3.51. The Morgan fingerprint density at radius 1 is 1.44 bits per heavy atom. The highest BCUT2D eigenvalue weighted by molar-refractivity contribution is 5.93. The van der Waals surface area contributed by atoms with Gasteiger partial charge in [0.05, 0.1) is 0 Å². The first-order valence-corrected chi connectivity index (χ1v) is 6.36. The van der Waals surface area contributed by atoms with E-state index in [1.54, 1.807) is 0 Å². The average Bonchev–Trinajstić information content (AvgIpc) is 2.35. The lowest BCUT2D eigenvalue weighted by atomic mass is 9.86. The molecule has 1 atom stereocenters. The number of aryl methyl sites for hydroxylation is 1. The number of nitrogens with two attached hydrogens (primary N) is 1. The molecule has 0 aromatic heterocycles. The molecular weight excluding hydrogens is 228 g/mol. The molecule has 0 aliphatic carbocycles. The van der Waals surface area contributed by atoms with E-state index in [2.05, 4.69) is 11.4 Å². The minimum absolute atomic E-state index is 0.0750. The molecule has 0 fully saturated rings. The number of benzene rings is 1. The van der Waals surface area contributed by atoms with Gasteiger partial charge in [0.2, 0.25) is 5.91 Å². The van der Waals surface area contributed by atoms with Gasteiger partial charge >= 0.3 is 0 Å². The molecule has 1 aliphatic rings. The normalized spacial score (nSPS) is 17.8. The maximum absolute atomic E-state index is 11.3. The van der Waals surface area contributed by atoms with E-state index in [1.165, 1.54) is 0 Å². The predicted molar refractivity (Wildman–Crippen MR) is 71.3 cm³/mol. The molecule has 1 amide bonds. The Labute approximate surface area is 107 Å². The van der Waals surface area contributed by atoms with Crippen LogP contribution in [0.1, 0.15) is 37.3 Å². The zero-order valence-electron chi connectivity index (χ0n) is 10.7. The van der Waals surface area contributed by atoms with E-state index >= 15 is 0 Å². The summed E-state index contributed by atoms with van der Waals surface area (Å²) in [5, 5.41) is 11.8. The first kappa shape index (κ1) is 13.1. The minimum Gasteiger partial charge on any atom is -0.396 e. The van der Waals surface area contributed by atoms with Gasteiger partial charge in [0.1, 0.15) is 0 Å². The quantitative estimate of drug-likeness (QED) is 0.756. The highest BCUT2D eigenvalue weighted by Crippen LogP contribution is 2.29.